The van der Waals surface area contributed by atoms with Crippen molar-refractivity contribution in [2.45, 2.75) is 25.9 Å². The third kappa shape index (κ3) is 3.46. The Morgan fingerprint density at radius 2 is 1.95 bits per heavy atom. The molecule has 4 nitrogen and oxygen atoms in total. The van der Waals surface area contributed by atoms with E-state index in [0.29, 0.717) is 0 Å². The largest absolute Gasteiger partial charge is 0.379 e. The predicted molar refractivity (Wildman–Crippen MR) is 86.6 cm³/mol. The van der Waals surface area contributed by atoms with Gasteiger partial charge < -0.3 is 15.0 Å². The maximum atomic E-state index is 5.98. The Kier molecular flexibility index (Phi) is 4.58. The van der Waals surface area contributed by atoms with Crippen molar-refractivity contribution >= 4 is 10.9 Å². The van der Waals surface area contributed by atoms with Gasteiger partial charge in [-0.2, -0.15) is 0 Å². The van der Waals surface area contributed by atoms with E-state index >= 15 is 0 Å². The number of hydrogen-bond donors (Lipinski definition) is 1. The molecule has 1 saturated heterocycles. The van der Waals surface area contributed by atoms with Gasteiger partial charge in [0.15, 0.2) is 0 Å². The molecule has 0 spiro atoms. The average molecular weight is 287 g/mol. The average Bonchev–Trinajstić information content (AvgIpc) is 2.84. The Morgan fingerprint density at radius 1 is 1.19 bits per heavy atom. The van der Waals surface area contributed by atoms with Crippen LogP contribution in [0, 0.1) is 0 Å². The van der Waals surface area contributed by atoms with E-state index in [9.17, 15) is 0 Å². The highest BCUT2D eigenvalue weighted by molar-refractivity contribution is 5.84. The third-order valence-corrected chi connectivity index (χ3v) is 4.17. The number of ether oxygens (including phenoxy) is 1. The first-order valence-electron chi connectivity index (χ1n) is 7.86. The summed E-state index contributed by atoms with van der Waals surface area (Å²) in [6.45, 7) is 8.00. The number of morpholine rings is 1. The number of aromatic nitrogens is 1. The number of rotatable bonds is 5. The Labute approximate surface area is 126 Å². The molecule has 0 aliphatic carbocycles. The molecule has 0 saturated carbocycles. The maximum Gasteiger partial charge on any atom is 0.0594 e. The second-order valence-corrected chi connectivity index (χ2v) is 6.00. The molecule has 1 aliphatic heterocycles. The summed E-state index contributed by atoms with van der Waals surface area (Å²) in [5.41, 5.74) is 8.67. The molecule has 0 radical (unpaired) electrons. The normalized spacial score (nSPS) is 18.2. The van der Waals surface area contributed by atoms with Crippen LogP contribution in [0.3, 0.4) is 0 Å². The van der Waals surface area contributed by atoms with E-state index in [1.165, 1.54) is 16.5 Å². The molecule has 0 bridgehead atoms. The van der Waals surface area contributed by atoms with E-state index < -0.39 is 0 Å². The lowest BCUT2D eigenvalue weighted by molar-refractivity contribution is 0.0365. The quantitative estimate of drug-likeness (QED) is 0.913. The van der Waals surface area contributed by atoms with Crippen molar-refractivity contribution < 1.29 is 4.74 Å². The van der Waals surface area contributed by atoms with Gasteiger partial charge in [-0.05, 0) is 25.0 Å². The van der Waals surface area contributed by atoms with Crippen LogP contribution >= 0.6 is 0 Å². The first-order valence-corrected chi connectivity index (χ1v) is 7.86. The Balaban J connectivity index is 1.77. The lowest BCUT2D eigenvalue weighted by atomic mass is 10.1. The molecule has 4 heteroatoms. The SMILES string of the molecule is CC(N)Cc1cn(CCN2CCOCC2)c2ccccc12. The molecule has 114 valence electrons. The highest BCUT2D eigenvalue weighted by Crippen LogP contribution is 2.22. The van der Waals surface area contributed by atoms with Gasteiger partial charge in [0.1, 0.15) is 0 Å². The lowest BCUT2D eigenvalue weighted by Crippen LogP contribution is -2.38. The summed E-state index contributed by atoms with van der Waals surface area (Å²) in [4.78, 5) is 2.48. The van der Waals surface area contributed by atoms with Gasteiger partial charge >= 0.3 is 0 Å². The molecule has 0 amide bonds. The molecule has 21 heavy (non-hydrogen) atoms. The van der Waals surface area contributed by atoms with Crippen LogP contribution in [0.1, 0.15) is 12.5 Å². The first kappa shape index (κ1) is 14.6. The van der Waals surface area contributed by atoms with Crippen LogP contribution in [0.2, 0.25) is 0 Å². The minimum Gasteiger partial charge on any atom is -0.379 e. The highest BCUT2D eigenvalue weighted by atomic mass is 16.5. The zero-order valence-corrected chi connectivity index (χ0v) is 12.8. The summed E-state index contributed by atoms with van der Waals surface area (Å²) in [6, 6.07) is 8.84. The van der Waals surface area contributed by atoms with Crippen molar-refractivity contribution in [3.05, 3.63) is 36.0 Å². The molecule has 2 aromatic rings. The second kappa shape index (κ2) is 6.60. The molecule has 1 aromatic heterocycles. The molecular formula is C17H25N3O. The van der Waals surface area contributed by atoms with Gasteiger partial charge in [-0.15, -0.1) is 0 Å². The van der Waals surface area contributed by atoms with Gasteiger partial charge in [0, 0.05) is 49.3 Å². The van der Waals surface area contributed by atoms with Crippen molar-refractivity contribution in [1.29, 1.82) is 0 Å². The Bertz CT molecular complexity index is 585. The van der Waals surface area contributed by atoms with Crippen molar-refractivity contribution in [3.63, 3.8) is 0 Å². The minimum atomic E-state index is 0.198. The number of para-hydroxylation sites is 1. The number of fused-ring (bicyclic) bond motifs is 1. The van der Waals surface area contributed by atoms with Crippen LogP contribution in [-0.4, -0.2) is 48.4 Å². The van der Waals surface area contributed by atoms with E-state index in [0.717, 1.165) is 45.8 Å². The summed E-state index contributed by atoms with van der Waals surface area (Å²) < 4.78 is 7.78. The van der Waals surface area contributed by atoms with Gasteiger partial charge in [-0.3, -0.25) is 4.90 Å². The van der Waals surface area contributed by atoms with Crippen LogP contribution in [-0.2, 0) is 17.7 Å². The van der Waals surface area contributed by atoms with Crippen molar-refractivity contribution in [3.8, 4) is 0 Å². The van der Waals surface area contributed by atoms with Gasteiger partial charge in [0.25, 0.3) is 0 Å². The summed E-state index contributed by atoms with van der Waals surface area (Å²) >= 11 is 0. The standard InChI is InChI=1S/C17H25N3O/c1-14(18)12-15-13-20(17-5-3-2-4-16(15)17)7-6-19-8-10-21-11-9-19/h2-5,13-14H,6-12,18H2,1H3. The topological polar surface area (TPSA) is 43.4 Å². The number of nitrogens with two attached hydrogens (primary N) is 1. The predicted octanol–water partition coefficient (Wildman–Crippen LogP) is 1.86. The fourth-order valence-corrected chi connectivity index (χ4v) is 3.09. The smallest absolute Gasteiger partial charge is 0.0594 e. The molecule has 1 atom stereocenters. The van der Waals surface area contributed by atoms with Crippen LogP contribution in [0.5, 0.6) is 0 Å². The number of hydrogen-bond acceptors (Lipinski definition) is 3. The fourth-order valence-electron chi connectivity index (χ4n) is 3.09. The summed E-state index contributed by atoms with van der Waals surface area (Å²) in [6.07, 6.45) is 3.22. The second-order valence-electron chi connectivity index (χ2n) is 6.00. The molecule has 2 N–H and O–H groups in total. The van der Waals surface area contributed by atoms with E-state index in [-0.39, 0.29) is 6.04 Å². The molecule has 1 fully saturated rings. The van der Waals surface area contributed by atoms with Crippen molar-refractivity contribution in [2.75, 3.05) is 32.8 Å². The first-order chi connectivity index (χ1) is 10.2. The monoisotopic (exact) mass is 287 g/mol. The zero-order valence-electron chi connectivity index (χ0n) is 12.8. The Hall–Kier alpha value is -1.36. The Morgan fingerprint density at radius 3 is 2.71 bits per heavy atom. The summed E-state index contributed by atoms with van der Waals surface area (Å²) in [7, 11) is 0. The molecule has 2 heterocycles. The maximum absolute atomic E-state index is 5.98. The summed E-state index contributed by atoms with van der Waals surface area (Å²) in [5.74, 6) is 0. The zero-order chi connectivity index (χ0) is 14.7. The van der Waals surface area contributed by atoms with Gasteiger partial charge in [-0.25, -0.2) is 0 Å². The van der Waals surface area contributed by atoms with Gasteiger partial charge in [0.2, 0.25) is 0 Å². The molecule has 3 rings (SSSR count). The lowest BCUT2D eigenvalue weighted by Gasteiger charge is -2.26. The van der Waals surface area contributed by atoms with Crippen molar-refractivity contribution in [2.24, 2.45) is 5.73 Å². The summed E-state index contributed by atoms with van der Waals surface area (Å²) in [5, 5.41) is 1.34. The van der Waals surface area contributed by atoms with E-state index in [2.05, 4.69) is 46.9 Å². The highest BCUT2D eigenvalue weighted by Gasteiger charge is 2.12. The van der Waals surface area contributed by atoms with Crippen LogP contribution in [0.25, 0.3) is 10.9 Å². The van der Waals surface area contributed by atoms with Crippen LogP contribution in [0.15, 0.2) is 30.5 Å². The van der Waals surface area contributed by atoms with Gasteiger partial charge in [-0.1, -0.05) is 18.2 Å². The fraction of sp³-hybridized carbons (Fsp3) is 0.529. The molecule has 1 unspecified atom stereocenters. The number of benzene rings is 1. The third-order valence-electron chi connectivity index (χ3n) is 4.17. The molecule has 1 aromatic carbocycles. The van der Waals surface area contributed by atoms with Crippen LogP contribution < -0.4 is 5.73 Å². The molecule has 1 aliphatic rings. The van der Waals surface area contributed by atoms with Gasteiger partial charge in [0.05, 0.1) is 13.2 Å². The van der Waals surface area contributed by atoms with E-state index in [1.54, 1.807) is 0 Å². The van der Waals surface area contributed by atoms with E-state index in [4.69, 9.17) is 10.5 Å². The van der Waals surface area contributed by atoms with Crippen molar-refractivity contribution in [1.82, 2.24) is 9.47 Å². The minimum absolute atomic E-state index is 0.198. The number of nitrogens with zero attached hydrogens (tertiary/aromatic N) is 2. The van der Waals surface area contributed by atoms with Crippen LogP contribution in [0.4, 0.5) is 0 Å². The molecular weight excluding hydrogens is 262 g/mol. The van der Waals surface area contributed by atoms with E-state index in [1.807, 2.05) is 0 Å².